The Bertz CT molecular complexity index is 408. The van der Waals surface area contributed by atoms with E-state index in [1.54, 1.807) is 18.3 Å². The number of halogens is 1. The summed E-state index contributed by atoms with van der Waals surface area (Å²) in [7, 11) is 0. The van der Waals surface area contributed by atoms with Crippen molar-refractivity contribution in [3.8, 4) is 0 Å². The highest BCUT2D eigenvalue weighted by molar-refractivity contribution is 6.30. The zero-order valence-corrected chi connectivity index (χ0v) is 10.7. The van der Waals surface area contributed by atoms with Crippen molar-refractivity contribution in [2.75, 3.05) is 25.0 Å². The normalized spacial score (nSPS) is 16.5. The molecule has 0 atom stereocenters. The predicted octanol–water partition coefficient (Wildman–Crippen LogP) is 1.44. The molecule has 0 bridgehead atoms. The number of carbonyl (C=O) groups is 1. The maximum atomic E-state index is 11.6. The van der Waals surface area contributed by atoms with Crippen LogP contribution in [-0.4, -0.2) is 36.7 Å². The molecule has 98 valence electrons. The molecule has 2 N–H and O–H groups in total. The number of amides is 1. The van der Waals surface area contributed by atoms with Gasteiger partial charge in [-0.1, -0.05) is 11.6 Å². The van der Waals surface area contributed by atoms with Crippen molar-refractivity contribution in [1.29, 1.82) is 0 Å². The number of carbonyl (C=O) groups excluding carboxylic acids is 1. The topological polar surface area (TPSA) is 63.2 Å². The van der Waals surface area contributed by atoms with Gasteiger partial charge in [0.2, 0.25) is 0 Å². The van der Waals surface area contributed by atoms with Gasteiger partial charge in [0.25, 0.3) is 5.91 Å². The Balaban J connectivity index is 1.74. The van der Waals surface area contributed by atoms with Crippen LogP contribution in [0.1, 0.15) is 12.8 Å². The summed E-state index contributed by atoms with van der Waals surface area (Å²) in [6.45, 7) is 1.95. The van der Waals surface area contributed by atoms with Gasteiger partial charge in [0.1, 0.15) is 12.4 Å². The zero-order valence-electron chi connectivity index (χ0n) is 9.99. The lowest BCUT2D eigenvalue weighted by molar-refractivity contribution is -0.123. The summed E-state index contributed by atoms with van der Waals surface area (Å²) in [6, 6.07) is 3.26. The third kappa shape index (κ3) is 4.25. The number of nitrogens with zero attached hydrogens (tertiary/aromatic N) is 1. The van der Waals surface area contributed by atoms with Crippen molar-refractivity contribution < 1.29 is 9.53 Å². The number of hydrogen-bond donors (Lipinski definition) is 2. The molecule has 1 aliphatic heterocycles. The summed E-state index contributed by atoms with van der Waals surface area (Å²) >= 11 is 5.80. The van der Waals surface area contributed by atoms with E-state index in [1.807, 2.05) is 0 Å². The molecule has 0 radical (unpaired) electrons. The molecule has 1 aliphatic rings. The quantitative estimate of drug-likeness (QED) is 0.868. The van der Waals surface area contributed by atoms with Crippen molar-refractivity contribution in [3.05, 3.63) is 23.4 Å². The first kappa shape index (κ1) is 13.3. The van der Waals surface area contributed by atoms with E-state index in [0.29, 0.717) is 10.8 Å². The fourth-order valence-corrected chi connectivity index (χ4v) is 1.97. The molecule has 6 heteroatoms. The summed E-state index contributed by atoms with van der Waals surface area (Å²) in [5, 5.41) is 6.43. The van der Waals surface area contributed by atoms with Crippen molar-refractivity contribution in [2.24, 2.45) is 0 Å². The molecule has 1 fully saturated rings. The first-order valence-corrected chi connectivity index (χ1v) is 6.35. The van der Waals surface area contributed by atoms with E-state index in [9.17, 15) is 4.79 Å². The molecule has 0 aromatic carbocycles. The van der Waals surface area contributed by atoms with Crippen LogP contribution in [0.15, 0.2) is 18.3 Å². The van der Waals surface area contributed by atoms with E-state index in [1.165, 1.54) is 0 Å². The molecule has 0 aliphatic carbocycles. The number of ether oxygens (including phenoxy) is 1. The predicted molar refractivity (Wildman–Crippen MR) is 69.7 cm³/mol. The van der Waals surface area contributed by atoms with Crippen LogP contribution in [0.5, 0.6) is 0 Å². The minimum Gasteiger partial charge on any atom is -0.368 e. The second-order valence-corrected chi connectivity index (χ2v) is 4.60. The third-order valence-corrected chi connectivity index (χ3v) is 2.96. The van der Waals surface area contributed by atoms with Crippen LogP contribution in [-0.2, 0) is 9.53 Å². The third-order valence-electron chi connectivity index (χ3n) is 2.73. The minimum atomic E-state index is -0.205. The van der Waals surface area contributed by atoms with Gasteiger partial charge in [0, 0.05) is 11.2 Å². The number of aromatic nitrogens is 1. The molecule has 0 spiro atoms. The van der Waals surface area contributed by atoms with Crippen LogP contribution in [0.2, 0.25) is 5.02 Å². The Labute approximate surface area is 111 Å². The van der Waals surface area contributed by atoms with Gasteiger partial charge in [-0.15, -0.1) is 0 Å². The number of piperidine rings is 1. The number of hydrogen-bond acceptors (Lipinski definition) is 4. The molecule has 1 aromatic heterocycles. The Morgan fingerprint density at radius 1 is 1.56 bits per heavy atom. The molecular formula is C12H16ClN3O2. The average molecular weight is 270 g/mol. The van der Waals surface area contributed by atoms with Gasteiger partial charge in [-0.05, 0) is 38.1 Å². The van der Waals surface area contributed by atoms with Gasteiger partial charge in [-0.2, -0.15) is 0 Å². The lowest BCUT2D eigenvalue weighted by atomic mass is 10.1. The summed E-state index contributed by atoms with van der Waals surface area (Å²) in [5.74, 6) is 0.240. The zero-order chi connectivity index (χ0) is 12.8. The second kappa shape index (κ2) is 6.68. The Kier molecular flexibility index (Phi) is 4.92. The van der Waals surface area contributed by atoms with E-state index in [2.05, 4.69) is 15.6 Å². The Morgan fingerprint density at radius 2 is 2.33 bits per heavy atom. The van der Waals surface area contributed by atoms with Crippen molar-refractivity contribution >= 4 is 23.3 Å². The van der Waals surface area contributed by atoms with Gasteiger partial charge in [-0.3, -0.25) is 4.79 Å². The smallest absolute Gasteiger partial charge is 0.251 e. The minimum absolute atomic E-state index is 0.0544. The van der Waals surface area contributed by atoms with Crippen molar-refractivity contribution in [1.82, 2.24) is 10.3 Å². The monoisotopic (exact) mass is 269 g/mol. The molecule has 5 nitrogen and oxygen atoms in total. The summed E-state index contributed by atoms with van der Waals surface area (Å²) in [4.78, 5) is 15.6. The van der Waals surface area contributed by atoms with Gasteiger partial charge in [0.15, 0.2) is 0 Å². The number of anilines is 1. The largest absolute Gasteiger partial charge is 0.368 e. The Morgan fingerprint density at radius 3 is 3.06 bits per heavy atom. The summed E-state index contributed by atoms with van der Waals surface area (Å²) < 4.78 is 5.53. The maximum absolute atomic E-state index is 11.6. The van der Waals surface area contributed by atoms with Gasteiger partial charge >= 0.3 is 0 Å². The molecule has 2 rings (SSSR count). The van der Waals surface area contributed by atoms with Crippen molar-refractivity contribution in [2.45, 2.75) is 18.9 Å². The molecule has 1 amide bonds. The molecule has 1 saturated heterocycles. The van der Waals surface area contributed by atoms with Crippen LogP contribution in [0.25, 0.3) is 0 Å². The van der Waals surface area contributed by atoms with E-state index in [4.69, 9.17) is 16.3 Å². The maximum Gasteiger partial charge on any atom is 0.251 e. The van der Waals surface area contributed by atoms with Gasteiger partial charge in [-0.25, -0.2) is 4.98 Å². The highest BCUT2D eigenvalue weighted by Gasteiger charge is 2.14. The van der Waals surface area contributed by atoms with Gasteiger partial charge < -0.3 is 15.4 Å². The lowest BCUT2D eigenvalue weighted by Gasteiger charge is -2.22. The molecule has 18 heavy (non-hydrogen) atoms. The first-order valence-electron chi connectivity index (χ1n) is 5.98. The van der Waals surface area contributed by atoms with Crippen LogP contribution in [0.4, 0.5) is 5.82 Å². The number of nitrogens with one attached hydrogen (secondary N) is 2. The molecule has 2 heterocycles. The average Bonchev–Trinajstić information content (AvgIpc) is 2.38. The highest BCUT2D eigenvalue weighted by atomic mass is 35.5. The molecule has 0 saturated carbocycles. The molecular weight excluding hydrogens is 254 g/mol. The highest BCUT2D eigenvalue weighted by Crippen LogP contribution is 2.12. The standard InChI is InChI=1S/C12H16ClN3O2/c13-9-1-6-15-11(7-9)16-12(17)8-18-10-2-4-14-5-3-10/h1,6-7,10,14H,2-5,8H2,(H,15,16,17). The fourth-order valence-electron chi connectivity index (χ4n) is 1.81. The van der Waals surface area contributed by atoms with E-state index >= 15 is 0 Å². The lowest BCUT2D eigenvalue weighted by Crippen LogP contribution is -2.34. The van der Waals surface area contributed by atoms with Gasteiger partial charge in [0.05, 0.1) is 6.10 Å². The van der Waals surface area contributed by atoms with E-state index in [-0.39, 0.29) is 18.6 Å². The van der Waals surface area contributed by atoms with E-state index < -0.39 is 0 Å². The Hall–Kier alpha value is -1.17. The van der Waals surface area contributed by atoms with Crippen molar-refractivity contribution in [3.63, 3.8) is 0 Å². The van der Waals surface area contributed by atoms with Crippen LogP contribution < -0.4 is 10.6 Å². The van der Waals surface area contributed by atoms with E-state index in [0.717, 1.165) is 25.9 Å². The SMILES string of the molecule is O=C(COC1CCNCC1)Nc1cc(Cl)ccn1. The first-order chi connectivity index (χ1) is 8.74. The van der Waals surface area contributed by atoms with Crippen LogP contribution >= 0.6 is 11.6 Å². The number of rotatable bonds is 4. The molecule has 1 aromatic rings. The summed E-state index contributed by atoms with van der Waals surface area (Å²) in [6.07, 6.45) is 3.61. The fraction of sp³-hybridized carbons (Fsp3) is 0.500. The van der Waals surface area contributed by atoms with Crippen LogP contribution in [0, 0.1) is 0 Å². The summed E-state index contributed by atoms with van der Waals surface area (Å²) in [5.41, 5.74) is 0. The molecule has 0 unspecified atom stereocenters. The van der Waals surface area contributed by atoms with Crippen LogP contribution in [0.3, 0.4) is 0 Å². The number of pyridine rings is 1. The second-order valence-electron chi connectivity index (χ2n) is 4.17.